The van der Waals surface area contributed by atoms with E-state index in [-0.39, 0.29) is 0 Å². The van der Waals surface area contributed by atoms with E-state index in [1.807, 2.05) is 0 Å². The van der Waals surface area contributed by atoms with Crippen LogP contribution in [0.5, 0.6) is 0 Å². The first kappa shape index (κ1) is 23.2. The lowest BCUT2D eigenvalue weighted by Crippen LogP contribution is -2.47. The first-order valence-corrected chi connectivity index (χ1v) is 14.8. The summed E-state index contributed by atoms with van der Waals surface area (Å²) in [6.45, 7) is 14.6. The maximum Gasteiger partial charge on any atom is -0.0284 e. The van der Waals surface area contributed by atoms with Crippen molar-refractivity contribution < 1.29 is 0 Å². The van der Waals surface area contributed by atoms with Crippen LogP contribution in [-0.2, 0) is 19.3 Å². The smallest absolute Gasteiger partial charge is 0.0284 e. The summed E-state index contributed by atoms with van der Waals surface area (Å²) in [5.74, 6) is 5.54. The van der Waals surface area contributed by atoms with Crippen LogP contribution in [0, 0.1) is 34.0 Å². The molecule has 3 saturated carbocycles. The van der Waals surface area contributed by atoms with Crippen LogP contribution in [0.1, 0.15) is 112 Å². The lowest BCUT2D eigenvalue weighted by Gasteiger charge is -2.59. The quantitative estimate of drug-likeness (QED) is 0.283. The summed E-state index contributed by atoms with van der Waals surface area (Å²) < 4.78 is 0. The van der Waals surface area contributed by atoms with E-state index in [1.54, 1.807) is 33.4 Å². The molecule has 9 aliphatic carbocycles. The highest BCUT2D eigenvalue weighted by atomic mass is 14.6. The zero-order chi connectivity index (χ0) is 25.0. The molecule has 9 aliphatic rings. The fourth-order valence-electron chi connectivity index (χ4n) is 9.46. The molecule has 6 unspecified atom stereocenters. The summed E-state index contributed by atoms with van der Waals surface area (Å²) in [6.07, 6.45) is 8.36. The summed E-state index contributed by atoms with van der Waals surface area (Å²) in [4.78, 5) is 0. The van der Waals surface area contributed by atoms with Crippen LogP contribution in [0.3, 0.4) is 0 Å². The van der Waals surface area contributed by atoms with Gasteiger partial charge in [0, 0.05) is 0 Å². The van der Waals surface area contributed by atoms with E-state index in [0.29, 0.717) is 16.2 Å². The van der Waals surface area contributed by atoms with Gasteiger partial charge in [-0.25, -0.2) is 36.4 Å². The van der Waals surface area contributed by atoms with Crippen LogP contribution in [-0.4, -0.2) is 0 Å². The molecule has 0 aliphatic heterocycles. The van der Waals surface area contributed by atoms with Crippen molar-refractivity contribution in [3.8, 4) is 0 Å². The van der Waals surface area contributed by atoms with Gasteiger partial charge in [0.1, 0.15) is 0 Å². The monoisotopic (exact) mass is 477 g/mol. The number of rotatable bonds is 0. The van der Waals surface area contributed by atoms with Gasteiger partial charge >= 0.3 is 0 Å². The molecule has 0 nitrogen and oxygen atoms in total. The van der Waals surface area contributed by atoms with Crippen LogP contribution in [0.4, 0.5) is 0 Å². The van der Waals surface area contributed by atoms with Crippen molar-refractivity contribution in [3.05, 3.63) is 88.0 Å². The van der Waals surface area contributed by atoms with Gasteiger partial charge in [-0.15, -0.1) is 0 Å². The molecule has 192 valence electrons. The predicted octanol–water partition coefficient (Wildman–Crippen LogP) is 9.27. The molecule has 6 bridgehead atoms. The second-order valence-electron chi connectivity index (χ2n) is 15.1. The minimum atomic E-state index is 0.599. The Hall–Kier alpha value is -1.95. The van der Waals surface area contributed by atoms with Crippen LogP contribution in [0.15, 0.2) is 54.6 Å². The van der Waals surface area contributed by atoms with E-state index < -0.39 is 0 Å². The molecular weight excluding hydrogens is 432 g/mol. The molecule has 0 saturated heterocycles. The third-order valence-electron chi connectivity index (χ3n) is 12.8. The van der Waals surface area contributed by atoms with Crippen LogP contribution >= 0.6 is 0 Å². The van der Waals surface area contributed by atoms with Crippen molar-refractivity contribution in [3.63, 3.8) is 0 Å². The van der Waals surface area contributed by atoms with E-state index >= 15 is 0 Å². The Morgan fingerprint density at radius 3 is 1.03 bits per heavy atom. The molecule has 3 aromatic carbocycles. The van der Waals surface area contributed by atoms with Gasteiger partial charge in [-0.2, -0.15) is 51.6 Å². The van der Waals surface area contributed by atoms with Gasteiger partial charge in [-0.05, 0) is 71.0 Å². The van der Waals surface area contributed by atoms with Gasteiger partial charge in [-0.3, -0.25) is 0 Å². The molecule has 0 N–H and O–H groups in total. The number of hydrogen-bond acceptors (Lipinski definition) is 0. The minimum absolute atomic E-state index is 0.599. The largest absolute Gasteiger partial charge is 0.213 e. The molecule has 0 heteroatoms. The third-order valence-corrected chi connectivity index (χ3v) is 12.8. The van der Waals surface area contributed by atoms with Crippen molar-refractivity contribution in [2.45, 2.75) is 97.8 Å². The Morgan fingerprint density at radius 1 is 0.500 bits per heavy atom. The Balaban J connectivity index is 0.0000000919. The van der Waals surface area contributed by atoms with E-state index in [1.165, 1.54) is 38.5 Å². The summed E-state index contributed by atoms with van der Waals surface area (Å²) >= 11 is 0. The molecule has 0 spiro atoms. The predicted molar refractivity (Wildman–Crippen MR) is 151 cm³/mol. The highest BCUT2D eigenvalue weighted by Gasteiger charge is 2.51. The first-order valence-electron chi connectivity index (χ1n) is 14.8. The van der Waals surface area contributed by atoms with Gasteiger partial charge in [0.05, 0.1) is 0 Å². The van der Waals surface area contributed by atoms with Gasteiger partial charge in [0.25, 0.3) is 0 Å². The standard InChI is InChI=1S/3C12H15/c3*1-12(2)9-6-8-4-3-5-10(8)11(12)7-9/h3*3-5,9,11H,6-7H2,1-2H3/q3*-1. The van der Waals surface area contributed by atoms with Crippen LogP contribution in [0.25, 0.3) is 0 Å². The zero-order valence-corrected chi connectivity index (χ0v) is 23.4. The molecular formula is C36H45-3. The maximum atomic E-state index is 2.43. The molecule has 0 heterocycles. The topological polar surface area (TPSA) is 0 Å². The zero-order valence-electron chi connectivity index (χ0n) is 23.4. The SMILES string of the molecule is CC1(C)C2C[c-]3cccc3C1C2.CC1(C)C2C[c-]3cccc3C1C2.CC1(C)C2C[c-]3cccc3C1C2. The van der Waals surface area contributed by atoms with Crippen molar-refractivity contribution in [2.24, 2.45) is 34.0 Å². The highest BCUT2D eigenvalue weighted by Crippen LogP contribution is 2.64. The van der Waals surface area contributed by atoms with Crippen molar-refractivity contribution in [1.29, 1.82) is 0 Å². The van der Waals surface area contributed by atoms with Crippen molar-refractivity contribution >= 4 is 0 Å². The molecule has 3 fully saturated rings. The lowest BCUT2D eigenvalue weighted by atomic mass is 9.48. The maximum absolute atomic E-state index is 2.43. The second-order valence-corrected chi connectivity index (χ2v) is 15.1. The minimum Gasteiger partial charge on any atom is -0.213 e. The normalized spacial score (nSPS) is 35.5. The Kier molecular flexibility index (Phi) is 4.86. The first-order chi connectivity index (χ1) is 17.1. The van der Waals surface area contributed by atoms with Crippen LogP contribution in [0.2, 0.25) is 0 Å². The van der Waals surface area contributed by atoms with E-state index in [9.17, 15) is 0 Å². The number of hydrogen-bond donors (Lipinski definition) is 0. The Labute approximate surface area is 219 Å². The Morgan fingerprint density at radius 2 is 0.778 bits per heavy atom. The van der Waals surface area contributed by atoms with Crippen molar-refractivity contribution in [1.82, 2.24) is 0 Å². The van der Waals surface area contributed by atoms with Gasteiger partial charge in [0.2, 0.25) is 0 Å². The van der Waals surface area contributed by atoms with E-state index in [0.717, 1.165) is 35.5 Å². The summed E-state index contributed by atoms with van der Waals surface area (Å²) in [6, 6.07) is 20.6. The average molecular weight is 478 g/mol. The summed E-state index contributed by atoms with van der Waals surface area (Å²) in [5, 5.41) is 0. The van der Waals surface area contributed by atoms with Gasteiger partial charge < -0.3 is 0 Å². The lowest BCUT2D eigenvalue weighted by molar-refractivity contribution is 0.0191. The van der Waals surface area contributed by atoms with Gasteiger partial charge in [0.15, 0.2) is 0 Å². The molecule has 36 heavy (non-hydrogen) atoms. The third kappa shape index (κ3) is 3.09. The van der Waals surface area contributed by atoms with Gasteiger partial charge in [-0.1, -0.05) is 60.8 Å². The highest BCUT2D eigenvalue weighted by molar-refractivity contribution is 5.42. The second kappa shape index (κ2) is 7.55. The fourth-order valence-corrected chi connectivity index (χ4v) is 9.46. The fraction of sp³-hybridized carbons (Fsp3) is 0.583. The summed E-state index contributed by atoms with van der Waals surface area (Å²) in [7, 11) is 0. The van der Waals surface area contributed by atoms with E-state index in [4.69, 9.17) is 0 Å². The molecule has 12 rings (SSSR count). The molecule has 0 aromatic heterocycles. The van der Waals surface area contributed by atoms with Crippen molar-refractivity contribution in [2.75, 3.05) is 0 Å². The molecule has 3 aromatic rings. The Bertz CT molecular complexity index is 1110. The van der Waals surface area contributed by atoms with E-state index in [2.05, 4.69) is 96.1 Å². The molecule has 0 radical (unpaired) electrons. The molecule has 6 atom stereocenters. The average Bonchev–Trinajstić information content (AvgIpc) is 3.63. The summed E-state index contributed by atoms with van der Waals surface area (Å²) in [5.41, 5.74) is 11.7. The molecule has 0 amide bonds. The van der Waals surface area contributed by atoms with Crippen LogP contribution < -0.4 is 0 Å².